The molecule has 4 nitrogen and oxygen atoms in total. The Kier molecular flexibility index (Phi) is 4.32. The van der Waals surface area contributed by atoms with Crippen molar-refractivity contribution in [2.75, 3.05) is 6.61 Å². The second-order valence-corrected chi connectivity index (χ2v) is 2.50. The Hall–Kier alpha value is -1.53. The van der Waals surface area contributed by atoms with Gasteiger partial charge in [-0.15, -0.1) is 0 Å². The van der Waals surface area contributed by atoms with Crippen molar-refractivity contribution in [1.82, 2.24) is 0 Å². The third kappa shape index (κ3) is 3.61. The highest BCUT2D eigenvalue weighted by molar-refractivity contribution is 6.16. The lowest BCUT2D eigenvalue weighted by atomic mass is 10.1. The molecule has 0 heterocycles. The van der Waals surface area contributed by atoms with Gasteiger partial charge in [-0.25, -0.2) is 4.79 Å². The summed E-state index contributed by atoms with van der Waals surface area (Å²) in [6.07, 6.45) is -5.15. The average Bonchev–Trinajstić information content (AvgIpc) is 2.02. The molecule has 0 saturated carbocycles. The number of alkyl halides is 3. The van der Waals surface area contributed by atoms with E-state index >= 15 is 0 Å². The molecule has 1 N–H and O–H groups in total. The van der Waals surface area contributed by atoms with Gasteiger partial charge < -0.3 is 9.84 Å². The highest BCUT2D eigenvalue weighted by Gasteiger charge is 2.40. The van der Waals surface area contributed by atoms with Crippen molar-refractivity contribution in [1.29, 1.82) is 0 Å². The lowest BCUT2D eigenvalue weighted by Crippen LogP contribution is -2.23. The fraction of sp³-hybridized carbons (Fsp3) is 0.500. The maximum Gasteiger partial charge on any atom is 0.449 e. The molecule has 0 bridgehead atoms. The van der Waals surface area contributed by atoms with Crippen LogP contribution in [0, 0.1) is 0 Å². The standard InChI is InChI=1S/C8H9F3O4/c1-3-15-7(14)5(4(2)12)6(13)8(9,10)11/h13H,3H2,1-2H3/b6-5-. The fourth-order valence-corrected chi connectivity index (χ4v) is 0.752. The van der Waals surface area contributed by atoms with Crippen molar-refractivity contribution in [3.8, 4) is 0 Å². The van der Waals surface area contributed by atoms with Crippen LogP contribution < -0.4 is 0 Å². The van der Waals surface area contributed by atoms with E-state index in [-0.39, 0.29) is 6.61 Å². The molecule has 0 unspecified atom stereocenters. The van der Waals surface area contributed by atoms with E-state index in [0.717, 1.165) is 6.92 Å². The molecule has 7 heteroatoms. The summed E-state index contributed by atoms with van der Waals surface area (Å²) >= 11 is 0. The number of hydrogen-bond donors (Lipinski definition) is 1. The number of rotatable bonds is 3. The number of allylic oxidation sites excluding steroid dienone is 1. The summed E-state index contributed by atoms with van der Waals surface area (Å²) < 4.78 is 40.2. The Bertz CT molecular complexity index is 303. The van der Waals surface area contributed by atoms with Gasteiger partial charge in [0.15, 0.2) is 5.78 Å². The number of hydrogen-bond acceptors (Lipinski definition) is 4. The maximum atomic E-state index is 12.0. The molecule has 0 fully saturated rings. The number of halogens is 3. The lowest BCUT2D eigenvalue weighted by Gasteiger charge is -2.09. The third-order valence-electron chi connectivity index (χ3n) is 1.34. The number of ketones is 1. The number of aliphatic hydroxyl groups is 1. The van der Waals surface area contributed by atoms with Crippen LogP contribution >= 0.6 is 0 Å². The van der Waals surface area contributed by atoms with Crippen molar-refractivity contribution in [2.24, 2.45) is 0 Å². The van der Waals surface area contributed by atoms with Crippen LogP contribution in [0.3, 0.4) is 0 Å². The van der Waals surface area contributed by atoms with Crippen molar-refractivity contribution in [3.05, 3.63) is 11.3 Å². The highest BCUT2D eigenvalue weighted by Crippen LogP contribution is 2.26. The molecule has 0 aromatic rings. The number of carbonyl (C=O) groups excluding carboxylic acids is 2. The zero-order valence-corrected chi connectivity index (χ0v) is 8.01. The van der Waals surface area contributed by atoms with Crippen LogP contribution in [-0.4, -0.2) is 29.6 Å². The summed E-state index contributed by atoms with van der Waals surface area (Å²) in [6, 6.07) is 0. The molecule has 0 aliphatic rings. The molecular formula is C8H9F3O4. The fourth-order valence-electron chi connectivity index (χ4n) is 0.752. The Morgan fingerprint density at radius 3 is 2.07 bits per heavy atom. The van der Waals surface area contributed by atoms with Gasteiger partial charge in [0, 0.05) is 0 Å². The van der Waals surface area contributed by atoms with E-state index in [1.165, 1.54) is 6.92 Å². The number of esters is 1. The first-order valence-corrected chi connectivity index (χ1v) is 3.90. The van der Waals surface area contributed by atoms with Gasteiger partial charge >= 0.3 is 12.1 Å². The van der Waals surface area contributed by atoms with E-state index < -0.39 is 29.3 Å². The topological polar surface area (TPSA) is 63.6 Å². The predicted octanol–water partition coefficient (Wildman–Crippen LogP) is 1.51. The number of Topliss-reactive ketones (excluding diaryl/α,β-unsaturated/α-hetero) is 1. The van der Waals surface area contributed by atoms with E-state index in [1.54, 1.807) is 0 Å². The lowest BCUT2D eigenvalue weighted by molar-refractivity contribution is -0.144. The van der Waals surface area contributed by atoms with Crippen molar-refractivity contribution >= 4 is 11.8 Å². The summed E-state index contributed by atoms with van der Waals surface area (Å²) in [5.41, 5.74) is -1.38. The largest absolute Gasteiger partial charge is 0.504 e. The molecule has 86 valence electrons. The number of carbonyl (C=O) groups is 2. The first-order valence-electron chi connectivity index (χ1n) is 3.90. The molecular weight excluding hydrogens is 217 g/mol. The Labute approximate surface area is 83.3 Å². The Morgan fingerprint density at radius 1 is 1.33 bits per heavy atom. The van der Waals surface area contributed by atoms with Gasteiger partial charge in [-0.2, -0.15) is 13.2 Å². The van der Waals surface area contributed by atoms with Crippen LogP contribution in [0.1, 0.15) is 13.8 Å². The molecule has 0 radical (unpaired) electrons. The van der Waals surface area contributed by atoms with Gasteiger partial charge in [0.2, 0.25) is 5.76 Å². The summed E-state index contributed by atoms with van der Waals surface area (Å²) in [6.45, 7) is 1.90. The normalized spacial score (nSPS) is 13.1. The molecule has 0 atom stereocenters. The molecule has 0 aromatic carbocycles. The third-order valence-corrected chi connectivity index (χ3v) is 1.34. The highest BCUT2D eigenvalue weighted by atomic mass is 19.4. The zero-order valence-electron chi connectivity index (χ0n) is 8.01. The molecule has 0 aliphatic heterocycles. The summed E-state index contributed by atoms with van der Waals surface area (Å²) in [7, 11) is 0. The molecule has 0 aromatic heterocycles. The SMILES string of the molecule is CCOC(=O)/C(C(C)=O)=C(\O)C(F)(F)F. The van der Waals surface area contributed by atoms with E-state index in [0.29, 0.717) is 0 Å². The minimum absolute atomic E-state index is 0.194. The summed E-state index contributed by atoms with van der Waals surface area (Å²) in [4.78, 5) is 21.6. The van der Waals surface area contributed by atoms with Gasteiger partial charge in [0.1, 0.15) is 5.57 Å². The molecule has 0 aliphatic carbocycles. The van der Waals surface area contributed by atoms with E-state index in [1.807, 2.05) is 0 Å². The number of aliphatic hydroxyl groups excluding tert-OH is 1. The van der Waals surface area contributed by atoms with Crippen LogP contribution in [0.15, 0.2) is 11.3 Å². The van der Waals surface area contributed by atoms with Gasteiger partial charge in [-0.05, 0) is 13.8 Å². The van der Waals surface area contributed by atoms with Gasteiger partial charge in [-0.3, -0.25) is 4.79 Å². The van der Waals surface area contributed by atoms with E-state index in [4.69, 9.17) is 5.11 Å². The van der Waals surface area contributed by atoms with Crippen molar-refractivity contribution in [2.45, 2.75) is 20.0 Å². The monoisotopic (exact) mass is 226 g/mol. The smallest absolute Gasteiger partial charge is 0.449 e. The van der Waals surface area contributed by atoms with Crippen LogP contribution in [0.4, 0.5) is 13.2 Å². The van der Waals surface area contributed by atoms with Crippen LogP contribution in [0.5, 0.6) is 0 Å². The van der Waals surface area contributed by atoms with Gasteiger partial charge in [-0.1, -0.05) is 0 Å². The molecule has 0 spiro atoms. The Morgan fingerprint density at radius 2 is 1.80 bits per heavy atom. The molecule has 0 rings (SSSR count). The molecule has 0 saturated heterocycles. The minimum atomic E-state index is -5.15. The van der Waals surface area contributed by atoms with E-state index in [2.05, 4.69) is 4.74 Å². The first-order chi connectivity index (χ1) is 6.71. The summed E-state index contributed by atoms with van der Waals surface area (Å²) in [5.74, 6) is -4.92. The van der Waals surface area contributed by atoms with Gasteiger partial charge in [0.05, 0.1) is 6.61 Å². The van der Waals surface area contributed by atoms with Crippen molar-refractivity contribution in [3.63, 3.8) is 0 Å². The zero-order chi connectivity index (χ0) is 12.2. The van der Waals surface area contributed by atoms with Crippen molar-refractivity contribution < 1.29 is 32.6 Å². The van der Waals surface area contributed by atoms with Crippen LogP contribution in [-0.2, 0) is 14.3 Å². The second-order valence-electron chi connectivity index (χ2n) is 2.50. The van der Waals surface area contributed by atoms with Crippen LogP contribution in [0.2, 0.25) is 0 Å². The van der Waals surface area contributed by atoms with Gasteiger partial charge in [0.25, 0.3) is 0 Å². The average molecular weight is 226 g/mol. The predicted molar refractivity (Wildman–Crippen MR) is 43.0 cm³/mol. The quantitative estimate of drug-likeness (QED) is 0.260. The minimum Gasteiger partial charge on any atom is -0.504 e. The molecule has 0 amide bonds. The van der Waals surface area contributed by atoms with Crippen LogP contribution in [0.25, 0.3) is 0 Å². The number of ether oxygens (including phenoxy) is 1. The summed E-state index contributed by atoms with van der Waals surface area (Å²) in [5, 5.41) is 8.65. The Balaban J connectivity index is 5.31. The first kappa shape index (κ1) is 13.5. The second kappa shape index (κ2) is 4.81. The maximum absolute atomic E-state index is 12.0. The van der Waals surface area contributed by atoms with E-state index in [9.17, 15) is 22.8 Å². The molecule has 15 heavy (non-hydrogen) atoms.